The molecule has 2 N–H and O–H groups in total. The number of anilines is 1. The molecule has 0 unspecified atom stereocenters. The molecular formula is C16H15Cl2N3. The number of hydrogen-bond donors (Lipinski definition) is 1. The molecule has 3 aromatic rings. The van der Waals surface area contributed by atoms with Gasteiger partial charge in [0.2, 0.25) is 0 Å². The van der Waals surface area contributed by atoms with Crippen molar-refractivity contribution in [2.75, 3.05) is 5.73 Å². The Balaban J connectivity index is 2.31. The van der Waals surface area contributed by atoms with E-state index in [1.807, 2.05) is 30.3 Å². The zero-order valence-corrected chi connectivity index (χ0v) is 13.1. The fraction of sp³-hybridized carbons (Fsp3) is 0.188. The highest BCUT2D eigenvalue weighted by Crippen LogP contribution is 2.33. The molecule has 3 nitrogen and oxygen atoms in total. The third kappa shape index (κ3) is 2.47. The number of rotatable bonds is 3. The van der Waals surface area contributed by atoms with E-state index in [4.69, 9.17) is 33.9 Å². The van der Waals surface area contributed by atoms with Crippen LogP contribution in [0.2, 0.25) is 10.0 Å². The summed E-state index contributed by atoms with van der Waals surface area (Å²) in [6.07, 6.45) is 0.992. The molecule has 2 aromatic carbocycles. The fourth-order valence-electron chi connectivity index (χ4n) is 2.48. The van der Waals surface area contributed by atoms with Crippen molar-refractivity contribution < 1.29 is 0 Å². The average molecular weight is 320 g/mol. The van der Waals surface area contributed by atoms with Crippen LogP contribution in [0.5, 0.6) is 0 Å². The molecule has 0 radical (unpaired) electrons. The van der Waals surface area contributed by atoms with Gasteiger partial charge in [-0.3, -0.25) is 0 Å². The molecule has 0 aliphatic carbocycles. The van der Waals surface area contributed by atoms with Crippen LogP contribution in [0, 0.1) is 0 Å². The molecular weight excluding hydrogens is 305 g/mol. The number of imidazole rings is 1. The van der Waals surface area contributed by atoms with Crippen molar-refractivity contribution in [2.45, 2.75) is 19.9 Å². The first kappa shape index (κ1) is 14.2. The van der Waals surface area contributed by atoms with Crippen LogP contribution in [0.1, 0.15) is 13.3 Å². The van der Waals surface area contributed by atoms with E-state index in [-0.39, 0.29) is 0 Å². The summed E-state index contributed by atoms with van der Waals surface area (Å²) >= 11 is 12.2. The van der Waals surface area contributed by atoms with E-state index < -0.39 is 0 Å². The largest absolute Gasteiger partial charge is 0.397 e. The third-order valence-electron chi connectivity index (χ3n) is 3.45. The fourth-order valence-corrected chi connectivity index (χ4v) is 2.82. The Bertz CT molecular complexity index is 809. The van der Waals surface area contributed by atoms with Gasteiger partial charge in [-0.1, -0.05) is 36.2 Å². The molecule has 1 aromatic heterocycles. The van der Waals surface area contributed by atoms with Gasteiger partial charge in [-0.25, -0.2) is 4.98 Å². The number of nitrogens with zero attached hydrogens (tertiary/aromatic N) is 2. The first-order valence-electron chi connectivity index (χ1n) is 6.82. The minimum atomic E-state index is 0.542. The van der Waals surface area contributed by atoms with Crippen LogP contribution < -0.4 is 5.73 Å². The van der Waals surface area contributed by atoms with E-state index in [1.165, 1.54) is 0 Å². The molecule has 0 bridgehead atoms. The van der Waals surface area contributed by atoms with Gasteiger partial charge in [-0.15, -0.1) is 0 Å². The number of para-hydroxylation sites is 1. The summed E-state index contributed by atoms with van der Waals surface area (Å²) in [7, 11) is 0. The molecule has 5 heteroatoms. The Morgan fingerprint density at radius 2 is 2.00 bits per heavy atom. The Labute approximate surface area is 133 Å². The van der Waals surface area contributed by atoms with E-state index in [0.29, 0.717) is 15.7 Å². The van der Waals surface area contributed by atoms with Crippen LogP contribution in [0.25, 0.3) is 22.4 Å². The molecule has 0 fully saturated rings. The van der Waals surface area contributed by atoms with Crippen molar-refractivity contribution in [1.82, 2.24) is 9.55 Å². The quantitative estimate of drug-likeness (QED) is 0.690. The van der Waals surface area contributed by atoms with Gasteiger partial charge in [-0.05, 0) is 36.8 Å². The first-order valence-corrected chi connectivity index (χ1v) is 7.57. The number of fused-ring (bicyclic) bond motifs is 1. The number of nitrogens with two attached hydrogens (primary N) is 1. The molecule has 3 rings (SSSR count). The van der Waals surface area contributed by atoms with Gasteiger partial charge >= 0.3 is 0 Å². The molecule has 0 aliphatic heterocycles. The Morgan fingerprint density at radius 1 is 1.19 bits per heavy atom. The maximum absolute atomic E-state index is 6.13. The van der Waals surface area contributed by atoms with Crippen molar-refractivity contribution in [3.05, 3.63) is 46.4 Å². The molecule has 21 heavy (non-hydrogen) atoms. The van der Waals surface area contributed by atoms with Gasteiger partial charge in [0.25, 0.3) is 0 Å². The van der Waals surface area contributed by atoms with E-state index >= 15 is 0 Å². The summed E-state index contributed by atoms with van der Waals surface area (Å²) in [6.45, 7) is 2.97. The molecule has 0 saturated heterocycles. The smallest absolute Gasteiger partial charge is 0.143 e. The highest BCUT2D eigenvalue weighted by atomic mass is 35.5. The number of aromatic nitrogens is 2. The maximum atomic E-state index is 6.13. The summed E-state index contributed by atoms with van der Waals surface area (Å²) < 4.78 is 2.14. The number of aryl methyl sites for hydroxylation is 1. The second-order valence-electron chi connectivity index (χ2n) is 4.92. The lowest BCUT2D eigenvalue weighted by molar-refractivity contribution is 0.704. The maximum Gasteiger partial charge on any atom is 0.143 e. The summed E-state index contributed by atoms with van der Waals surface area (Å²) in [5.74, 6) is 0.828. The first-order chi connectivity index (χ1) is 10.1. The number of hydrogen-bond acceptors (Lipinski definition) is 2. The molecule has 108 valence electrons. The normalized spacial score (nSPS) is 11.2. The SMILES string of the molecule is CCCn1c(-c2cccc(Cl)c2N)nc2ccc(Cl)cc21. The molecule has 0 spiro atoms. The van der Waals surface area contributed by atoms with E-state index in [9.17, 15) is 0 Å². The van der Waals surface area contributed by atoms with E-state index in [0.717, 1.165) is 35.4 Å². The van der Waals surface area contributed by atoms with Crippen LogP contribution in [-0.4, -0.2) is 9.55 Å². The lowest BCUT2D eigenvalue weighted by Gasteiger charge is -2.10. The molecule has 0 amide bonds. The summed E-state index contributed by atoms with van der Waals surface area (Å²) in [5, 5.41) is 1.24. The van der Waals surface area contributed by atoms with Crippen molar-refractivity contribution >= 4 is 39.9 Å². The van der Waals surface area contributed by atoms with E-state index in [1.54, 1.807) is 6.07 Å². The molecule has 1 heterocycles. The zero-order valence-electron chi connectivity index (χ0n) is 11.6. The Hall–Kier alpha value is -1.71. The van der Waals surface area contributed by atoms with Crippen LogP contribution >= 0.6 is 23.2 Å². The summed E-state index contributed by atoms with van der Waals surface area (Å²) in [6, 6.07) is 11.3. The second kappa shape index (κ2) is 5.58. The van der Waals surface area contributed by atoms with Crippen molar-refractivity contribution in [3.63, 3.8) is 0 Å². The highest BCUT2D eigenvalue weighted by molar-refractivity contribution is 6.33. The summed E-state index contributed by atoms with van der Waals surface area (Å²) in [4.78, 5) is 4.71. The predicted molar refractivity (Wildman–Crippen MR) is 89.9 cm³/mol. The van der Waals surface area contributed by atoms with Gasteiger partial charge in [-0.2, -0.15) is 0 Å². The Kier molecular flexibility index (Phi) is 3.79. The third-order valence-corrected chi connectivity index (χ3v) is 4.02. The van der Waals surface area contributed by atoms with Crippen LogP contribution in [0.3, 0.4) is 0 Å². The van der Waals surface area contributed by atoms with Gasteiger partial charge in [0.15, 0.2) is 0 Å². The summed E-state index contributed by atoms with van der Waals surface area (Å²) in [5.41, 5.74) is 9.44. The van der Waals surface area contributed by atoms with Gasteiger partial charge < -0.3 is 10.3 Å². The van der Waals surface area contributed by atoms with E-state index in [2.05, 4.69) is 11.5 Å². The number of nitrogen functional groups attached to an aromatic ring is 1. The minimum absolute atomic E-state index is 0.542. The zero-order chi connectivity index (χ0) is 15.0. The average Bonchev–Trinajstić information content (AvgIpc) is 2.81. The van der Waals surface area contributed by atoms with Crippen LogP contribution in [0.4, 0.5) is 5.69 Å². The lowest BCUT2D eigenvalue weighted by Crippen LogP contribution is -2.02. The van der Waals surface area contributed by atoms with Crippen molar-refractivity contribution in [1.29, 1.82) is 0 Å². The lowest BCUT2D eigenvalue weighted by atomic mass is 10.1. The highest BCUT2D eigenvalue weighted by Gasteiger charge is 2.15. The molecule has 0 aliphatic rings. The molecule has 0 atom stereocenters. The van der Waals surface area contributed by atoms with Crippen molar-refractivity contribution in [2.24, 2.45) is 0 Å². The Morgan fingerprint density at radius 3 is 2.76 bits per heavy atom. The topological polar surface area (TPSA) is 43.8 Å². The van der Waals surface area contributed by atoms with Crippen LogP contribution in [-0.2, 0) is 6.54 Å². The van der Waals surface area contributed by atoms with Gasteiger partial charge in [0, 0.05) is 17.1 Å². The second-order valence-corrected chi connectivity index (χ2v) is 5.76. The van der Waals surface area contributed by atoms with Crippen molar-refractivity contribution in [3.8, 4) is 11.4 Å². The minimum Gasteiger partial charge on any atom is -0.397 e. The molecule has 0 saturated carbocycles. The number of benzene rings is 2. The predicted octanol–water partition coefficient (Wildman–Crippen LogP) is 5.00. The monoisotopic (exact) mass is 319 g/mol. The standard InChI is InChI=1S/C16H15Cl2N3/c1-2-8-21-14-9-10(17)6-7-13(14)20-16(21)11-4-3-5-12(18)15(11)19/h3-7,9H,2,8,19H2,1H3. The van der Waals surface area contributed by atoms with Crippen LogP contribution in [0.15, 0.2) is 36.4 Å². The van der Waals surface area contributed by atoms with Gasteiger partial charge in [0.1, 0.15) is 5.82 Å². The number of halogens is 2. The van der Waals surface area contributed by atoms with Gasteiger partial charge in [0.05, 0.1) is 21.7 Å².